The van der Waals surface area contributed by atoms with Crippen LogP contribution in [0, 0.1) is 92.7 Å². The van der Waals surface area contributed by atoms with Gasteiger partial charge in [-0.2, -0.15) is 0 Å². The molecule has 16 N–H and O–H groups in total. The Balaban J connectivity index is 0.637. The monoisotopic (exact) mass is 1370 g/mol. The number of carbonyl (C=O) groups is 4. The first-order chi connectivity index (χ1) is 47.1. The minimum absolute atomic E-state index is 0.00884. The van der Waals surface area contributed by atoms with Crippen molar-refractivity contribution in [3.63, 3.8) is 0 Å². The number of alkyl carbamates (subject to hydrolysis) is 2. The second kappa shape index (κ2) is 37.1. The summed E-state index contributed by atoms with van der Waals surface area (Å²) >= 11 is 0. The van der Waals surface area contributed by atoms with Crippen LogP contribution in [0.2, 0.25) is 0 Å². The van der Waals surface area contributed by atoms with Crippen molar-refractivity contribution in [3.05, 3.63) is 35.4 Å². The Morgan fingerprint density at radius 3 is 1.18 bits per heavy atom. The molecule has 4 amide bonds. The van der Waals surface area contributed by atoms with Gasteiger partial charge in [-0.1, -0.05) is 65.8 Å². The van der Waals surface area contributed by atoms with E-state index in [1.54, 1.807) is 0 Å². The average molecular weight is 1370 g/mol. The van der Waals surface area contributed by atoms with Crippen LogP contribution in [0.15, 0.2) is 24.3 Å². The summed E-state index contributed by atoms with van der Waals surface area (Å²) in [7, 11) is 0. The lowest BCUT2D eigenvalue weighted by molar-refractivity contribution is -0.207. The first kappa shape index (κ1) is 78.4. The fraction of sp³-hybridized carbons (Fsp3) is 0.872. The van der Waals surface area contributed by atoms with Gasteiger partial charge in [0.15, 0.2) is 0 Å². The summed E-state index contributed by atoms with van der Waals surface area (Å²) in [5.41, 5.74) is 12.3. The number of unbranched alkanes of at least 4 members (excludes halogenated alkanes) is 2. The van der Waals surface area contributed by atoms with Gasteiger partial charge in [0.25, 0.3) is 0 Å². The molecule has 0 aliphatic heterocycles. The highest BCUT2D eigenvalue weighted by Gasteiger charge is 2.68. The number of fused-ring (bicyclic) bond motifs is 10. The van der Waals surface area contributed by atoms with Crippen LogP contribution >= 0.6 is 0 Å². The van der Waals surface area contributed by atoms with Gasteiger partial charge in [-0.3, -0.25) is 9.59 Å². The molecular weight excluding hydrogens is 1240 g/mol. The Hall–Kier alpha value is -3.70. The number of aliphatic hydroxyl groups is 4. The molecule has 8 aliphatic rings. The maximum Gasteiger partial charge on any atom is 0.407 e. The zero-order chi connectivity index (χ0) is 70.0. The van der Waals surface area contributed by atoms with E-state index in [1.807, 2.05) is 24.3 Å². The van der Waals surface area contributed by atoms with Gasteiger partial charge in [-0.25, -0.2) is 9.59 Å². The summed E-state index contributed by atoms with van der Waals surface area (Å²) in [6, 6.07) is 8.05. The van der Waals surface area contributed by atoms with Crippen molar-refractivity contribution >= 4 is 24.0 Å². The van der Waals surface area contributed by atoms with Gasteiger partial charge < -0.3 is 83.9 Å². The lowest BCUT2D eigenvalue weighted by Crippen LogP contribution is -2.62. The fourth-order valence-electron chi connectivity index (χ4n) is 22.1. The first-order valence-corrected chi connectivity index (χ1v) is 39.6. The van der Waals surface area contributed by atoms with Crippen LogP contribution in [0.1, 0.15) is 220 Å². The third-order valence-corrected chi connectivity index (χ3v) is 27.8. The van der Waals surface area contributed by atoms with Gasteiger partial charge in [-0.15, -0.1) is 0 Å². The molecule has 0 unspecified atom stereocenters. The number of carbonyl (C=O) groups excluding carboxylic acids is 4. The highest BCUT2D eigenvalue weighted by Crippen LogP contribution is 2.70. The van der Waals surface area contributed by atoms with Gasteiger partial charge in [0.05, 0.1) is 24.4 Å². The molecule has 1 aromatic rings. The van der Waals surface area contributed by atoms with Gasteiger partial charge in [0.2, 0.25) is 11.8 Å². The summed E-state index contributed by atoms with van der Waals surface area (Å²) in [5.74, 6) is 2.45. The van der Waals surface area contributed by atoms with Crippen LogP contribution < -0.4 is 54.0 Å². The number of amides is 4. The molecule has 558 valence electrons. The van der Waals surface area contributed by atoms with Crippen molar-refractivity contribution in [2.45, 2.75) is 258 Å². The molecule has 22 atom stereocenters. The van der Waals surface area contributed by atoms with Gasteiger partial charge in [0.1, 0.15) is 12.2 Å². The average Bonchev–Trinajstić information content (AvgIpc) is 1.36. The van der Waals surface area contributed by atoms with Crippen molar-refractivity contribution in [1.82, 2.24) is 42.5 Å². The van der Waals surface area contributed by atoms with E-state index in [-0.39, 0.29) is 129 Å². The van der Waals surface area contributed by atoms with Crippen molar-refractivity contribution in [3.8, 4) is 0 Å². The van der Waals surface area contributed by atoms with E-state index in [9.17, 15) is 39.6 Å². The maximum absolute atomic E-state index is 13.4. The zero-order valence-electron chi connectivity index (χ0n) is 61.4. The largest absolute Gasteiger partial charge is 0.446 e. The topological polar surface area (TPSA) is 316 Å². The lowest BCUT2D eigenvalue weighted by Gasteiger charge is -2.63. The number of nitrogens with two attached hydrogens (primary N) is 2. The van der Waals surface area contributed by atoms with E-state index in [0.717, 1.165) is 205 Å². The molecule has 20 heteroatoms. The summed E-state index contributed by atoms with van der Waals surface area (Å²) < 4.78 is 12.0. The number of rotatable bonds is 38. The molecule has 0 saturated heterocycles. The molecule has 8 aliphatic carbocycles. The Labute approximate surface area is 589 Å². The molecule has 1 aromatic carbocycles. The standard InChI is InChI=1S/C78H136N10O10/c1-51(59-21-23-61-71-63(47-67(91)77(59,61)5)75(3)29-27-57(43-55(75)45-65(71)89)97-73(95)85-41-13-39-83-35-9-7-33-81-37-11-31-79)15-25-69(93)87-49-53-17-19-54(20-18-53)50-88-70(94)26-16-52(2)60-22-24-62-72-64(48-68(92)78(60,62)6)76(4)30-28-58(44-56(76)46-66(72)90)98-74(96)86-42-14-40-84-36-10-8-34-82-38-12-32-80/h17-20,51-52,55-68,71-72,81-84,89-92H,7-16,21-50,79-80H2,1-6H3,(H,85,95)(H,86,96)(H,87,93)(H,88,94)/t51-,52-,55+,56+,57-,58-,59-,60-,61+,62+,63+,64+,65-,66-,67+,68+,71+,72+,75+,76+,77-,78-/m1/s1. The minimum atomic E-state index is -0.492. The molecule has 0 heterocycles. The van der Waals surface area contributed by atoms with Crippen molar-refractivity contribution in [2.24, 2.45) is 104 Å². The fourth-order valence-corrected chi connectivity index (χ4v) is 22.1. The normalized spacial score (nSPS) is 36.0. The maximum atomic E-state index is 13.4. The minimum Gasteiger partial charge on any atom is -0.446 e. The number of nitrogens with one attached hydrogen (secondary N) is 8. The van der Waals surface area contributed by atoms with E-state index in [4.69, 9.17) is 20.9 Å². The molecule has 0 aromatic heterocycles. The second-order valence-electron chi connectivity index (χ2n) is 33.5. The third kappa shape index (κ3) is 19.2. The van der Waals surface area contributed by atoms with E-state index in [2.05, 4.69) is 84.1 Å². The third-order valence-electron chi connectivity index (χ3n) is 27.8. The number of aliphatic hydroxyl groups excluding tert-OH is 4. The Morgan fingerprint density at radius 2 is 0.816 bits per heavy atom. The van der Waals surface area contributed by atoms with Crippen LogP contribution in [0.3, 0.4) is 0 Å². The smallest absolute Gasteiger partial charge is 0.407 e. The molecule has 0 bridgehead atoms. The molecule has 9 rings (SSSR count). The second-order valence-corrected chi connectivity index (χ2v) is 33.5. The summed E-state index contributed by atoms with van der Waals surface area (Å²) in [4.78, 5) is 52.7. The number of hydrogen-bond acceptors (Lipinski definition) is 16. The van der Waals surface area contributed by atoms with E-state index in [1.165, 1.54) is 0 Å². The Bertz CT molecular complexity index is 2450. The molecule has 0 radical (unpaired) electrons. The van der Waals surface area contributed by atoms with Gasteiger partial charge in [0, 0.05) is 39.0 Å². The summed E-state index contributed by atoms with van der Waals surface area (Å²) in [5, 5.41) is 74.7. The van der Waals surface area contributed by atoms with E-state index >= 15 is 0 Å². The Kier molecular flexibility index (Phi) is 29.7. The van der Waals surface area contributed by atoms with Crippen LogP contribution in [-0.2, 0) is 32.2 Å². The van der Waals surface area contributed by atoms with E-state index in [0.29, 0.717) is 64.7 Å². The molecule has 0 spiro atoms. The van der Waals surface area contributed by atoms with Crippen molar-refractivity contribution in [1.29, 1.82) is 0 Å². The first-order valence-electron chi connectivity index (χ1n) is 39.6. The number of hydrogen-bond donors (Lipinski definition) is 14. The van der Waals surface area contributed by atoms with E-state index < -0.39 is 24.4 Å². The van der Waals surface area contributed by atoms with Crippen LogP contribution in [0.25, 0.3) is 0 Å². The number of benzene rings is 1. The predicted molar refractivity (Wildman–Crippen MR) is 386 cm³/mol. The zero-order valence-corrected chi connectivity index (χ0v) is 61.4. The highest BCUT2D eigenvalue weighted by atomic mass is 16.6. The molecule has 8 saturated carbocycles. The van der Waals surface area contributed by atoms with Crippen molar-refractivity contribution in [2.75, 3.05) is 78.5 Å². The Morgan fingerprint density at radius 1 is 0.459 bits per heavy atom. The van der Waals surface area contributed by atoms with Crippen molar-refractivity contribution < 1.29 is 49.1 Å². The SMILES string of the molecule is C[C@H](CCC(=O)NCc1ccc(CNC(=O)CC[C@@H](C)[C@H]2CC[C@H]3[C@@H]4[C@H](O)C[C@@H]5C[C@H](OC(=O)NCCCNCCCCNCCCN)CC[C@]5(C)[C@H]4C[C@H](O)[C@]23C)cc1)[C@H]1CC[C@H]2[C@@H]3[C@H](O)C[C@@H]4C[C@H](OC(=O)NCCCNCCCCNCCCN)CC[C@]4(C)[C@H]3C[C@H](O)[C@]12C. The quantitative estimate of drug-likeness (QED) is 0.0276. The van der Waals surface area contributed by atoms with Crippen LogP contribution in [0.5, 0.6) is 0 Å². The van der Waals surface area contributed by atoms with Gasteiger partial charge >= 0.3 is 12.2 Å². The molecule has 98 heavy (non-hydrogen) atoms. The molecule has 20 nitrogen and oxygen atoms in total. The predicted octanol–water partition coefficient (Wildman–Crippen LogP) is 8.54. The summed E-state index contributed by atoms with van der Waals surface area (Å²) in [6.07, 6.45) is 19.0. The van der Waals surface area contributed by atoms with Gasteiger partial charge in [-0.05, 0) is 323 Å². The molecular formula is C78H136N10O10. The van der Waals surface area contributed by atoms with Crippen LogP contribution in [0.4, 0.5) is 9.59 Å². The lowest BCUT2D eigenvalue weighted by atomic mass is 9.43. The number of ether oxygens (including phenoxy) is 2. The highest BCUT2D eigenvalue weighted by molar-refractivity contribution is 5.76. The molecule has 8 fully saturated rings. The van der Waals surface area contributed by atoms with Crippen LogP contribution in [-0.4, -0.2) is 160 Å². The summed E-state index contributed by atoms with van der Waals surface area (Å²) in [6.45, 7) is 24.8.